The van der Waals surface area contributed by atoms with E-state index >= 15 is 0 Å². The van der Waals surface area contributed by atoms with Crippen LogP contribution in [-0.2, 0) is 10.0 Å². The predicted octanol–water partition coefficient (Wildman–Crippen LogP) is 2.16. The van der Waals surface area contributed by atoms with Gasteiger partial charge >= 0.3 is 0 Å². The Morgan fingerprint density at radius 2 is 1.91 bits per heavy atom. The van der Waals surface area contributed by atoms with E-state index in [0.29, 0.717) is 12.3 Å². The van der Waals surface area contributed by atoms with Crippen LogP contribution in [-0.4, -0.2) is 45.6 Å². The highest BCUT2D eigenvalue weighted by atomic mass is 32.2. The fourth-order valence-electron chi connectivity index (χ4n) is 2.78. The Morgan fingerprint density at radius 1 is 1.27 bits per heavy atom. The summed E-state index contributed by atoms with van der Waals surface area (Å²) in [4.78, 5) is 2.53. The zero-order valence-electron chi connectivity index (χ0n) is 13.8. The van der Waals surface area contributed by atoms with E-state index in [1.165, 1.54) is 20.0 Å². The Balaban J connectivity index is 2.14. The molecule has 6 heteroatoms. The van der Waals surface area contributed by atoms with Crippen LogP contribution in [0.4, 0.5) is 0 Å². The number of rotatable bonds is 6. The number of methoxy groups -OCH3 is 1. The third-order valence-corrected chi connectivity index (χ3v) is 5.71. The van der Waals surface area contributed by atoms with Gasteiger partial charge < -0.3 is 4.74 Å². The molecule has 1 heterocycles. The van der Waals surface area contributed by atoms with Crippen molar-refractivity contribution in [3.05, 3.63) is 23.8 Å². The second kappa shape index (κ2) is 6.56. The van der Waals surface area contributed by atoms with E-state index in [4.69, 9.17) is 4.74 Å². The molecule has 0 unspecified atom stereocenters. The number of aryl methyl sites for hydroxylation is 1. The van der Waals surface area contributed by atoms with Crippen molar-refractivity contribution in [3.8, 4) is 5.75 Å². The summed E-state index contributed by atoms with van der Waals surface area (Å²) in [5, 5.41) is 0. The van der Waals surface area contributed by atoms with Crippen molar-refractivity contribution in [1.29, 1.82) is 0 Å². The zero-order chi connectivity index (χ0) is 16.4. The van der Waals surface area contributed by atoms with Gasteiger partial charge in [0.1, 0.15) is 10.6 Å². The summed E-state index contributed by atoms with van der Waals surface area (Å²) < 4.78 is 33.1. The molecule has 0 radical (unpaired) electrons. The van der Waals surface area contributed by atoms with E-state index in [-0.39, 0.29) is 10.4 Å². The smallest absolute Gasteiger partial charge is 0.244 e. The number of sulfonamides is 1. The van der Waals surface area contributed by atoms with Crippen molar-refractivity contribution in [1.82, 2.24) is 9.62 Å². The van der Waals surface area contributed by atoms with Crippen LogP contribution in [0.15, 0.2) is 23.1 Å². The van der Waals surface area contributed by atoms with E-state index in [0.717, 1.165) is 18.7 Å². The average molecular weight is 326 g/mol. The predicted molar refractivity (Wildman–Crippen MR) is 87.8 cm³/mol. The Bertz CT molecular complexity index is 620. The van der Waals surface area contributed by atoms with Crippen LogP contribution in [0, 0.1) is 6.92 Å². The maximum absolute atomic E-state index is 12.6. The van der Waals surface area contributed by atoms with E-state index in [9.17, 15) is 8.42 Å². The monoisotopic (exact) mass is 326 g/mol. The minimum Gasteiger partial charge on any atom is -0.495 e. The van der Waals surface area contributed by atoms with Gasteiger partial charge in [0, 0.05) is 12.1 Å². The fraction of sp³-hybridized carbons (Fsp3) is 0.625. The molecule has 1 N–H and O–H groups in total. The highest BCUT2D eigenvalue weighted by Crippen LogP contribution is 2.26. The van der Waals surface area contributed by atoms with Gasteiger partial charge in [-0.1, -0.05) is 6.07 Å². The highest BCUT2D eigenvalue weighted by molar-refractivity contribution is 7.89. The summed E-state index contributed by atoms with van der Waals surface area (Å²) in [6, 6.07) is 5.11. The zero-order valence-corrected chi connectivity index (χ0v) is 14.7. The molecule has 124 valence electrons. The Kier molecular flexibility index (Phi) is 5.14. The summed E-state index contributed by atoms with van der Waals surface area (Å²) in [5.41, 5.74) is 0.773. The molecule has 5 nitrogen and oxygen atoms in total. The number of likely N-dealkylation sites (tertiary alicyclic amines) is 1. The van der Waals surface area contributed by atoms with Crippen molar-refractivity contribution >= 4 is 10.0 Å². The summed E-state index contributed by atoms with van der Waals surface area (Å²) >= 11 is 0. The van der Waals surface area contributed by atoms with E-state index in [2.05, 4.69) is 23.5 Å². The molecule has 1 aromatic rings. The van der Waals surface area contributed by atoms with E-state index < -0.39 is 10.0 Å². The summed E-state index contributed by atoms with van der Waals surface area (Å²) in [7, 11) is -2.10. The van der Waals surface area contributed by atoms with Crippen LogP contribution in [0.25, 0.3) is 0 Å². The fourth-order valence-corrected chi connectivity index (χ4v) is 4.13. The molecular formula is C16H26N2O3S. The molecule has 1 saturated heterocycles. The average Bonchev–Trinajstić information content (AvgIpc) is 3.00. The molecule has 1 fully saturated rings. The van der Waals surface area contributed by atoms with Crippen LogP contribution in [0.3, 0.4) is 0 Å². The molecule has 0 aromatic heterocycles. The first kappa shape index (κ1) is 17.2. The first-order chi connectivity index (χ1) is 10.3. The number of nitrogens with zero attached hydrogens (tertiary/aromatic N) is 1. The van der Waals surface area contributed by atoms with Crippen molar-refractivity contribution in [2.45, 2.75) is 44.0 Å². The van der Waals surface area contributed by atoms with Gasteiger partial charge in [0.05, 0.1) is 7.11 Å². The van der Waals surface area contributed by atoms with Crippen LogP contribution in [0.2, 0.25) is 0 Å². The molecule has 0 amide bonds. The van der Waals surface area contributed by atoms with Crippen LogP contribution in [0.5, 0.6) is 5.75 Å². The number of hydrogen-bond donors (Lipinski definition) is 1. The van der Waals surface area contributed by atoms with E-state index in [1.807, 2.05) is 6.92 Å². The van der Waals surface area contributed by atoms with Crippen LogP contribution < -0.4 is 9.46 Å². The van der Waals surface area contributed by atoms with Crippen LogP contribution in [0.1, 0.15) is 32.3 Å². The summed E-state index contributed by atoms with van der Waals surface area (Å²) in [6.07, 6.45) is 2.37. The molecule has 2 rings (SSSR count). The topological polar surface area (TPSA) is 58.6 Å². The molecule has 1 aromatic carbocycles. The molecule has 1 aliphatic heterocycles. The van der Waals surface area contributed by atoms with Gasteiger partial charge in [0.2, 0.25) is 10.0 Å². The minimum absolute atomic E-state index is 0.192. The maximum Gasteiger partial charge on any atom is 0.244 e. The highest BCUT2D eigenvalue weighted by Gasteiger charge is 2.31. The SMILES string of the molecule is COc1cc(C)ccc1S(=O)(=O)NCC(C)(C)N1CCCC1. The summed E-state index contributed by atoms with van der Waals surface area (Å²) in [5.74, 6) is 0.381. The molecule has 0 bridgehead atoms. The first-order valence-corrected chi connectivity index (χ1v) is 9.14. The van der Waals surface area contributed by atoms with Crippen molar-refractivity contribution < 1.29 is 13.2 Å². The van der Waals surface area contributed by atoms with Gasteiger partial charge in [0.25, 0.3) is 0 Å². The minimum atomic E-state index is -3.58. The third kappa shape index (κ3) is 3.80. The second-order valence-electron chi connectivity index (χ2n) is 6.49. The van der Waals surface area contributed by atoms with Gasteiger partial charge in [-0.2, -0.15) is 0 Å². The van der Waals surface area contributed by atoms with Crippen LogP contribution >= 0.6 is 0 Å². The first-order valence-electron chi connectivity index (χ1n) is 7.66. The Hall–Kier alpha value is -1.11. The maximum atomic E-state index is 12.6. The molecule has 0 aliphatic carbocycles. The molecule has 22 heavy (non-hydrogen) atoms. The van der Waals surface area contributed by atoms with Gasteiger partial charge in [-0.05, 0) is 64.4 Å². The molecule has 0 spiro atoms. The number of ether oxygens (including phenoxy) is 1. The van der Waals surface area contributed by atoms with Crippen molar-refractivity contribution in [3.63, 3.8) is 0 Å². The lowest BCUT2D eigenvalue weighted by Crippen LogP contribution is -2.50. The van der Waals surface area contributed by atoms with Crippen molar-refractivity contribution in [2.75, 3.05) is 26.7 Å². The molecule has 0 saturated carbocycles. The second-order valence-corrected chi connectivity index (χ2v) is 8.22. The molecule has 1 aliphatic rings. The lowest BCUT2D eigenvalue weighted by Gasteiger charge is -2.35. The molecule has 0 atom stereocenters. The van der Waals surface area contributed by atoms with Gasteiger partial charge in [0.15, 0.2) is 0 Å². The third-order valence-electron chi connectivity index (χ3n) is 4.27. The standard InChI is InChI=1S/C16H26N2O3S/c1-13-7-8-15(14(11-13)21-4)22(19,20)17-12-16(2,3)18-9-5-6-10-18/h7-8,11,17H,5-6,9-10,12H2,1-4H3. The lowest BCUT2D eigenvalue weighted by molar-refractivity contribution is 0.158. The number of hydrogen-bond acceptors (Lipinski definition) is 4. The normalized spacial score (nSPS) is 16.9. The Labute approximate surface area is 133 Å². The van der Waals surface area contributed by atoms with Crippen molar-refractivity contribution in [2.24, 2.45) is 0 Å². The quantitative estimate of drug-likeness (QED) is 0.870. The number of nitrogens with one attached hydrogen (secondary N) is 1. The summed E-state index contributed by atoms with van der Waals surface area (Å²) in [6.45, 7) is 8.50. The van der Waals surface area contributed by atoms with E-state index in [1.54, 1.807) is 18.2 Å². The number of benzene rings is 1. The van der Waals surface area contributed by atoms with Gasteiger partial charge in [-0.15, -0.1) is 0 Å². The van der Waals surface area contributed by atoms with Gasteiger partial charge in [-0.3, -0.25) is 4.90 Å². The lowest BCUT2D eigenvalue weighted by atomic mass is 10.0. The largest absolute Gasteiger partial charge is 0.495 e. The molecular weight excluding hydrogens is 300 g/mol. The van der Waals surface area contributed by atoms with Gasteiger partial charge in [-0.25, -0.2) is 13.1 Å². The Morgan fingerprint density at radius 3 is 2.50 bits per heavy atom.